The maximum absolute atomic E-state index is 13.5. The smallest absolute Gasteiger partial charge is 0.389 e. The Bertz CT molecular complexity index is 2000. The Morgan fingerprint density at radius 3 is 2.59 bits per heavy atom. The Balaban J connectivity index is 1.23. The monoisotopic (exact) mass is 718 g/mol. The normalized spacial score (nSPS) is 38.8. The predicted octanol–water partition coefficient (Wildman–Crippen LogP) is -0.455. The average Bonchev–Trinajstić information content (AvgIpc) is 3.73. The summed E-state index contributed by atoms with van der Waals surface area (Å²) in [5, 5.41) is 20.9. The molecule has 1 aliphatic carbocycles. The highest BCUT2D eigenvalue weighted by Crippen LogP contribution is 2.59. The van der Waals surface area contributed by atoms with Gasteiger partial charge in [0.15, 0.2) is 22.6 Å². The van der Waals surface area contributed by atoms with E-state index >= 15 is 0 Å². The number of aromatic amines is 1. The van der Waals surface area contributed by atoms with Gasteiger partial charge >= 0.3 is 14.5 Å². The summed E-state index contributed by atoms with van der Waals surface area (Å²) in [5.41, 5.74) is 10.4. The summed E-state index contributed by atoms with van der Waals surface area (Å²) in [5.74, 6) is -0.0685. The zero-order valence-corrected chi connectivity index (χ0v) is 27.1. The second-order valence-corrected chi connectivity index (χ2v) is 17.0. The van der Waals surface area contributed by atoms with Crippen molar-refractivity contribution < 1.29 is 42.7 Å². The van der Waals surface area contributed by atoms with Crippen molar-refractivity contribution in [1.82, 2.24) is 39.0 Å². The SMILES string of the molecule is C[C@@]12COP(=O)(O)O[C@@H]3[C@H](O)[C@@H](COP(O)(=S)O[C@H]1[C@@H](O)[C@H](n1cnc4c(N)ncnc41)C2)S[C@H]3n1cnc2c(=O)[nH]c(N)nc21. The van der Waals surface area contributed by atoms with Crippen LogP contribution in [0, 0.1) is 5.41 Å². The van der Waals surface area contributed by atoms with Crippen LogP contribution in [-0.4, -0.2) is 102 Å². The van der Waals surface area contributed by atoms with Gasteiger partial charge < -0.3 is 45.1 Å². The van der Waals surface area contributed by atoms with Gasteiger partial charge in [-0.05, 0) is 18.2 Å². The van der Waals surface area contributed by atoms with Crippen LogP contribution in [0.1, 0.15) is 24.8 Å². The topological polar surface area (TPSA) is 294 Å². The lowest BCUT2D eigenvalue weighted by atomic mass is 9.87. The molecule has 10 atom stereocenters. The lowest BCUT2D eigenvalue weighted by molar-refractivity contribution is -0.0362. The number of fused-ring (bicyclic) bond motifs is 5. The molecular weight excluding hydrogens is 690 g/mol. The number of nitrogens with two attached hydrogens (primary N) is 2. The van der Waals surface area contributed by atoms with Crippen molar-refractivity contribution in [2.24, 2.45) is 5.41 Å². The van der Waals surface area contributed by atoms with Crippen molar-refractivity contribution >= 4 is 72.2 Å². The molecule has 4 aromatic rings. The van der Waals surface area contributed by atoms with Gasteiger partial charge in [-0.1, -0.05) is 6.92 Å². The van der Waals surface area contributed by atoms with Crippen LogP contribution < -0.4 is 17.0 Å². The van der Waals surface area contributed by atoms with Crippen LogP contribution in [0.4, 0.5) is 11.8 Å². The van der Waals surface area contributed by atoms with E-state index in [0.717, 1.165) is 11.8 Å². The summed E-state index contributed by atoms with van der Waals surface area (Å²) in [6.07, 6.45) is -1.53. The molecule has 6 heterocycles. The number of phosphoric acid groups is 1. The van der Waals surface area contributed by atoms with E-state index in [9.17, 15) is 29.4 Å². The standard InChI is InChI=1S/C22H28N10O10P2S2/c1-22-2-8(31-6-27-10-16(23)25-5-26-17(10)31)12(33)15(22)42-44(38,45)39-3-9-13(34)14(41-43(36,37)40-4-22)20(46-9)32-7-28-11-18(32)29-21(24)30-19(11)35/h5-9,12-15,20,33-34H,2-4H2,1H3,(H,36,37)(H,38,45)(H2,23,25,26)(H3,24,29,30,35)/t8-,9-,12+,13-,14-,15+,20-,22-,44?/m1/s1. The molecule has 3 aliphatic rings. The van der Waals surface area contributed by atoms with Gasteiger partial charge in [0.2, 0.25) is 5.95 Å². The van der Waals surface area contributed by atoms with E-state index in [1.54, 1.807) is 11.5 Å². The lowest BCUT2D eigenvalue weighted by Crippen LogP contribution is -2.39. The molecule has 24 heteroatoms. The van der Waals surface area contributed by atoms with Gasteiger partial charge in [-0.2, -0.15) is 4.98 Å². The number of nitrogens with zero attached hydrogens (tertiary/aromatic N) is 7. The molecule has 0 spiro atoms. The van der Waals surface area contributed by atoms with E-state index in [4.69, 9.17) is 41.4 Å². The second kappa shape index (κ2) is 11.2. The molecule has 248 valence electrons. The highest BCUT2D eigenvalue weighted by molar-refractivity contribution is 8.07. The number of hydrogen-bond donors (Lipinski definition) is 7. The maximum atomic E-state index is 13.5. The fraction of sp³-hybridized carbons (Fsp3) is 0.545. The third-order valence-corrected chi connectivity index (χ3v) is 12.4. The second-order valence-electron chi connectivity index (χ2n) is 11.4. The lowest BCUT2D eigenvalue weighted by Gasteiger charge is -2.34. The van der Waals surface area contributed by atoms with Gasteiger partial charge in [-0.3, -0.25) is 23.4 Å². The summed E-state index contributed by atoms with van der Waals surface area (Å²) < 4.78 is 39.1. The van der Waals surface area contributed by atoms with Gasteiger partial charge in [0.05, 0.1) is 43.3 Å². The van der Waals surface area contributed by atoms with Crippen molar-refractivity contribution in [3.05, 3.63) is 29.3 Å². The first-order valence-corrected chi connectivity index (χ1v) is 18.7. The first-order valence-electron chi connectivity index (χ1n) is 13.6. The molecule has 9 N–H and O–H groups in total. The molecule has 7 rings (SSSR count). The Morgan fingerprint density at radius 1 is 1.07 bits per heavy atom. The number of rotatable bonds is 2. The fourth-order valence-corrected chi connectivity index (χ4v) is 10.4. The first kappa shape index (κ1) is 32.0. The summed E-state index contributed by atoms with van der Waals surface area (Å²) in [6, 6.07) is -0.782. The molecule has 0 aromatic carbocycles. The molecule has 0 radical (unpaired) electrons. The van der Waals surface area contributed by atoms with Gasteiger partial charge in [-0.15, -0.1) is 11.8 Å². The molecule has 1 saturated carbocycles. The van der Waals surface area contributed by atoms with Gasteiger partial charge in [-0.25, -0.2) is 24.5 Å². The van der Waals surface area contributed by atoms with Crippen molar-refractivity contribution in [3.63, 3.8) is 0 Å². The highest BCUT2D eigenvalue weighted by Gasteiger charge is 2.56. The van der Waals surface area contributed by atoms with E-state index < -0.39 is 73.2 Å². The van der Waals surface area contributed by atoms with Crippen LogP contribution in [0.2, 0.25) is 0 Å². The van der Waals surface area contributed by atoms with E-state index in [1.807, 2.05) is 0 Å². The number of aromatic nitrogens is 8. The minimum absolute atomic E-state index is 0.0342. The van der Waals surface area contributed by atoms with Gasteiger partial charge in [0, 0.05) is 5.41 Å². The number of imidazole rings is 2. The Labute approximate surface area is 267 Å². The van der Waals surface area contributed by atoms with Crippen molar-refractivity contribution in [3.8, 4) is 0 Å². The summed E-state index contributed by atoms with van der Waals surface area (Å²) >= 11 is 6.35. The number of anilines is 2. The molecule has 46 heavy (non-hydrogen) atoms. The minimum Gasteiger partial charge on any atom is -0.389 e. The van der Waals surface area contributed by atoms with E-state index in [1.165, 1.54) is 23.5 Å². The number of hydrogen-bond acceptors (Lipinski definition) is 17. The summed E-state index contributed by atoms with van der Waals surface area (Å²) in [4.78, 5) is 57.4. The van der Waals surface area contributed by atoms with Crippen LogP contribution in [0.5, 0.6) is 0 Å². The van der Waals surface area contributed by atoms with Crippen LogP contribution in [0.3, 0.4) is 0 Å². The fourth-order valence-electron chi connectivity index (χ4n) is 6.11. The Morgan fingerprint density at radius 2 is 1.80 bits per heavy atom. The third-order valence-electron chi connectivity index (χ3n) is 8.31. The number of nitrogens with one attached hydrogen (secondary N) is 1. The largest absolute Gasteiger partial charge is 0.472 e. The zero-order chi connectivity index (χ0) is 32.8. The maximum Gasteiger partial charge on any atom is 0.472 e. The van der Waals surface area contributed by atoms with Crippen LogP contribution in [-0.2, 0) is 34.5 Å². The van der Waals surface area contributed by atoms with E-state index in [0.29, 0.717) is 11.2 Å². The quantitative estimate of drug-likeness (QED) is 0.129. The van der Waals surface area contributed by atoms with E-state index in [-0.39, 0.29) is 36.0 Å². The molecule has 2 unspecified atom stereocenters. The zero-order valence-electron chi connectivity index (χ0n) is 23.6. The number of aliphatic hydroxyl groups is 2. The Hall–Kier alpha value is -2.59. The minimum atomic E-state index is -4.96. The van der Waals surface area contributed by atoms with Crippen LogP contribution in [0.15, 0.2) is 23.8 Å². The number of H-pyrrole nitrogens is 1. The number of thioether (sulfide) groups is 1. The van der Waals surface area contributed by atoms with Crippen molar-refractivity contribution in [1.29, 1.82) is 0 Å². The summed E-state index contributed by atoms with van der Waals surface area (Å²) in [7, 11) is -4.96. The van der Waals surface area contributed by atoms with Gasteiger partial charge in [0.1, 0.15) is 35.5 Å². The molecule has 3 fully saturated rings. The average molecular weight is 719 g/mol. The molecule has 4 aromatic heterocycles. The molecule has 2 bridgehead atoms. The van der Waals surface area contributed by atoms with Gasteiger partial charge in [0.25, 0.3) is 5.56 Å². The third kappa shape index (κ3) is 5.45. The number of aliphatic hydroxyl groups excluding tert-OH is 2. The highest BCUT2D eigenvalue weighted by atomic mass is 32.5. The molecule has 20 nitrogen and oxygen atoms in total. The molecular formula is C22H28N10O10P2S2. The first-order chi connectivity index (χ1) is 21.7. The summed E-state index contributed by atoms with van der Waals surface area (Å²) in [6.45, 7) is -3.43. The molecule has 0 amide bonds. The predicted molar refractivity (Wildman–Crippen MR) is 164 cm³/mol. The van der Waals surface area contributed by atoms with Crippen LogP contribution >= 0.6 is 26.3 Å². The van der Waals surface area contributed by atoms with Crippen molar-refractivity contribution in [2.75, 3.05) is 24.7 Å². The number of phosphoric ester groups is 1. The molecule has 2 aliphatic heterocycles. The molecule has 2 saturated heterocycles. The number of nitrogen functional groups attached to an aromatic ring is 2. The van der Waals surface area contributed by atoms with E-state index in [2.05, 4.69) is 29.9 Å². The van der Waals surface area contributed by atoms with Crippen molar-refractivity contribution in [2.45, 2.75) is 54.4 Å². The Kier molecular flexibility index (Phi) is 7.82. The van der Waals surface area contributed by atoms with Crippen LogP contribution in [0.25, 0.3) is 22.3 Å².